The number of carbonyl (C=O) groups is 2. The first-order chi connectivity index (χ1) is 12.3. The molecule has 2 N–H and O–H groups in total. The lowest BCUT2D eigenvalue weighted by Crippen LogP contribution is -2.57. The van der Waals surface area contributed by atoms with Crippen molar-refractivity contribution in [3.8, 4) is 5.75 Å². The molecule has 0 atom stereocenters. The van der Waals surface area contributed by atoms with Gasteiger partial charge in [-0.15, -0.1) is 0 Å². The summed E-state index contributed by atoms with van der Waals surface area (Å²) in [6.45, 7) is 4.04. The Morgan fingerprint density at radius 1 is 1.23 bits per heavy atom. The van der Waals surface area contributed by atoms with E-state index in [4.69, 9.17) is 10.5 Å². The third-order valence-electron chi connectivity index (χ3n) is 4.75. The van der Waals surface area contributed by atoms with Crippen LogP contribution in [-0.2, 0) is 17.8 Å². The summed E-state index contributed by atoms with van der Waals surface area (Å²) in [5.41, 5.74) is 6.69. The number of fused-ring (bicyclic) bond motifs is 1. The van der Waals surface area contributed by atoms with Crippen LogP contribution in [0.25, 0.3) is 0 Å². The van der Waals surface area contributed by atoms with Crippen LogP contribution in [-0.4, -0.2) is 28.8 Å². The Morgan fingerprint density at radius 3 is 2.58 bits per heavy atom. The molecule has 2 amide bonds. The second-order valence-corrected chi connectivity index (χ2v) is 6.86. The zero-order valence-electron chi connectivity index (χ0n) is 14.8. The minimum Gasteiger partial charge on any atom is -0.489 e. The van der Waals surface area contributed by atoms with Crippen molar-refractivity contribution in [3.05, 3.63) is 65.0 Å². The molecule has 1 aliphatic rings. The molecule has 0 aliphatic carbocycles. The number of amides is 2. The molecule has 0 saturated heterocycles. The van der Waals surface area contributed by atoms with Crippen LogP contribution in [0.2, 0.25) is 0 Å². The van der Waals surface area contributed by atoms with Crippen LogP contribution in [0.15, 0.2) is 42.5 Å². The molecular weight excluding hydrogens is 335 g/mol. The molecule has 2 aromatic carbocycles. The Hall–Kier alpha value is -2.89. The minimum absolute atomic E-state index is 0.208. The number of carbonyl (C=O) groups excluding carboxylic acids is 2. The summed E-state index contributed by atoms with van der Waals surface area (Å²) < 4.78 is 18.7. The van der Waals surface area contributed by atoms with E-state index in [-0.39, 0.29) is 11.7 Å². The lowest BCUT2D eigenvalue weighted by molar-refractivity contribution is -0.127. The minimum atomic E-state index is -1.04. The van der Waals surface area contributed by atoms with Gasteiger partial charge < -0.3 is 15.4 Å². The topological polar surface area (TPSA) is 72.6 Å². The molecule has 2 aromatic rings. The summed E-state index contributed by atoms with van der Waals surface area (Å²) in [5.74, 6) is -0.387. The highest BCUT2D eigenvalue weighted by atomic mass is 19.1. The third kappa shape index (κ3) is 3.40. The molecule has 136 valence electrons. The molecule has 1 heterocycles. The smallest absolute Gasteiger partial charge is 0.255 e. The van der Waals surface area contributed by atoms with Crippen LogP contribution in [0.4, 0.5) is 4.39 Å². The molecule has 1 aliphatic heterocycles. The van der Waals surface area contributed by atoms with Gasteiger partial charge in [-0.3, -0.25) is 9.59 Å². The van der Waals surface area contributed by atoms with Gasteiger partial charge in [-0.25, -0.2) is 4.39 Å². The molecule has 0 bridgehead atoms. The molecule has 0 aromatic heterocycles. The van der Waals surface area contributed by atoms with Crippen molar-refractivity contribution >= 4 is 11.8 Å². The molecule has 6 heteroatoms. The number of hydrogen-bond donors (Lipinski definition) is 1. The van der Waals surface area contributed by atoms with Gasteiger partial charge in [0.2, 0.25) is 5.91 Å². The maximum Gasteiger partial charge on any atom is 0.255 e. The maximum atomic E-state index is 12.9. The highest BCUT2D eigenvalue weighted by Crippen LogP contribution is 2.28. The van der Waals surface area contributed by atoms with Crippen LogP contribution in [0.3, 0.4) is 0 Å². The van der Waals surface area contributed by atoms with Crippen molar-refractivity contribution in [3.63, 3.8) is 0 Å². The number of ether oxygens (including phenoxy) is 1. The van der Waals surface area contributed by atoms with E-state index in [0.29, 0.717) is 30.9 Å². The van der Waals surface area contributed by atoms with Gasteiger partial charge >= 0.3 is 0 Å². The Bertz CT molecular complexity index is 847. The summed E-state index contributed by atoms with van der Waals surface area (Å²) in [5, 5.41) is 0. The summed E-state index contributed by atoms with van der Waals surface area (Å²) in [7, 11) is 0. The SMILES string of the molecule is CC(C)(C(N)=O)N1CCc2cc(OCc3ccc(F)cc3)ccc2C1=O. The van der Waals surface area contributed by atoms with Crippen LogP contribution in [0.1, 0.15) is 35.3 Å². The Kier molecular flexibility index (Phi) is 4.68. The normalized spacial score (nSPS) is 14.1. The summed E-state index contributed by atoms with van der Waals surface area (Å²) >= 11 is 0. The van der Waals surface area contributed by atoms with E-state index >= 15 is 0 Å². The number of hydrogen-bond acceptors (Lipinski definition) is 3. The number of nitrogens with zero attached hydrogens (tertiary/aromatic N) is 1. The van der Waals surface area contributed by atoms with Crippen LogP contribution >= 0.6 is 0 Å². The lowest BCUT2D eigenvalue weighted by atomic mass is 9.93. The van der Waals surface area contributed by atoms with Gasteiger partial charge in [-0.2, -0.15) is 0 Å². The van der Waals surface area contributed by atoms with E-state index in [9.17, 15) is 14.0 Å². The van der Waals surface area contributed by atoms with Crippen LogP contribution < -0.4 is 10.5 Å². The fraction of sp³-hybridized carbons (Fsp3) is 0.300. The van der Waals surface area contributed by atoms with Crippen molar-refractivity contribution < 1.29 is 18.7 Å². The molecule has 3 rings (SSSR count). The number of benzene rings is 2. The van der Waals surface area contributed by atoms with Crippen molar-refractivity contribution in [2.24, 2.45) is 5.73 Å². The second-order valence-electron chi connectivity index (χ2n) is 6.86. The highest BCUT2D eigenvalue weighted by molar-refractivity contribution is 6.00. The molecule has 5 nitrogen and oxygen atoms in total. The van der Waals surface area contributed by atoms with Gasteiger partial charge in [0.15, 0.2) is 0 Å². The highest BCUT2D eigenvalue weighted by Gasteiger charge is 2.39. The molecule has 0 spiro atoms. The van der Waals surface area contributed by atoms with Gasteiger partial charge in [-0.05, 0) is 61.7 Å². The van der Waals surface area contributed by atoms with E-state index in [0.717, 1.165) is 11.1 Å². The summed E-state index contributed by atoms with van der Waals surface area (Å²) in [4.78, 5) is 25.9. The van der Waals surface area contributed by atoms with Gasteiger partial charge in [0.25, 0.3) is 5.91 Å². The Morgan fingerprint density at radius 2 is 1.92 bits per heavy atom. The molecule has 0 unspecified atom stereocenters. The predicted molar refractivity (Wildman–Crippen MR) is 95.2 cm³/mol. The largest absolute Gasteiger partial charge is 0.489 e. The molecule has 0 radical (unpaired) electrons. The van der Waals surface area contributed by atoms with Gasteiger partial charge in [0.1, 0.15) is 23.7 Å². The zero-order valence-corrected chi connectivity index (χ0v) is 14.8. The number of primary amides is 1. The van der Waals surface area contributed by atoms with Gasteiger partial charge in [0.05, 0.1) is 0 Å². The van der Waals surface area contributed by atoms with E-state index < -0.39 is 11.4 Å². The zero-order chi connectivity index (χ0) is 18.9. The Balaban J connectivity index is 1.75. The first kappa shape index (κ1) is 17.9. The Labute approximate surface area is 151 Å². The summed E-state index contributed by atoms with van der Waals surface area (Å²) in [6, 6.07) is 11.4. The van der Waals surface area contributed by atoms with Gasteiger partial charge in [0, 0.05) is 12.1 Å². The first-order valence-electron chi connectivity index (χ1n) is 8.41. The quantitative estimate of drug-likeness (QED) is 0.895. The molecule has 0 fully saturated rings. The average molecular weight is 356 g/mol. The molecular formula is C20H21FN2O3. The van der Waals surface area contributed by atoms with E-state index in [1.54, 1.807) is 38.1 Å². The predicted octanol–water partition coefficient (Wildman–Crippen LogP) is 2.67. The monoisotopic (exact) mass is 356 g/mol. The van der Waals surface area contributed by atoms with Crippen molar-refractivity contribution in [2.45, 2.75) is 32.4 Å². The fourth-order valence-corrected chi connectivity index (χ4v) is 2.97. The van der Waals surface area contributed by atoms with Crippen molar-refractivity contribution in [2.75, 3.05) is 6.54 Å². The second kappa shape index (κ2) is 6.78. The fourth-order valence-electron chi connectivity index (χ4n) is 2.97. The standard InChI is InChI=1S/C20H21FN2O3/c1-20(2,19(22)25)23-10-9-14-11-16(7-8-17(14)18(23)24)26-12-13-3-5-15(21)6-4-13/h3-8,11H,9-10,12H2,1-2H3,(H2,22,25). The molecule has 26 heavy (non-hydrogen) atoms. The molecule has 0 saturated carbocycles. The number of nitrogens with two attached hydrogens (primary N) is 1. The van der Waals surface area contributed by atoms with Crippen LogP contribution in [0, 0.1) is 5.82 Å². The van der Waals surface area contributed by atoms with Crippen molar-refractivity contribution in [1.82, 2.24) is 4.90 Å². The average Bonchev–Trinajstić information content (AvgIpc) is 2.61. The van der Waals surface area contributed by atoms with E-state index in [1.807, 2.05) is 6.07 Å². The van der Waals surface area contributed by atoms with E-state index in [1.165, 1.54) is 17.0 Å². The van der Waals surface area contributed by atoms with Crippen LogP contribution in [0.5, 0.6) is 5.75 Å². The van der Waals surface area contributed by atoms with Crippen molar-refractivity contribution in [1.29, 1.82) is 0 Å². The maximum absolute atomic E-state index is 12.9. The van der Waals surface area contributed by atoms with Gasteiger partial charge in [-0.1, -0.05) is 12.1 Å². The van der Waals surface area contributed by atoms with E-state index in [2.05, 4.69) is 0 Å². The number of halogens is 1. The number of rotatable bonds is 5. The summed E-state index contributed by atoms with van der Waals surface area (Å²) in [6.07, 6.45) is 0.617. The first-order valence-corrected chi connectivity index (χ1v) is 8.41. The third-order valence-corrected chi connectivity index (χ3v) is 4.75. The lowest BCUT2D eigenvalue weighted by Gasteiger charge is -2.39.